The van der Waals surface area contributed by atoms with E-state index < -0.39 is 0 Å². The predicted octanol–water partition coefficient (Wildman–Crippen LogP) is 1.55. The van der Waals surface area contributed by atoms with Crippen LogP contribution in [0.3, 0.4) is 0 Å². The third kappa shape index (κ3) is 2.40. The number of rotatable bonds is 5. The molecule has 96 valence electrons. The molecule has 2 fully saturated rings. The van der Waals surface area contributed by atoms with Gasteiger partial charge in [0.1, 0.15) is 6.23 Å². The molecule has 0 unspecified atom stereocenters. The Hall–Kier alpha value is -1.39. The molecule has 18 heavy (non-hydrogen) atoms. The van der Waals surface area contributed by atoms with Crippen LogP contribution in [0.2, 0.25) is 0 Å². The molecule has 0 radical (unpaired) electrons. The highest BCUT2D eigenvalue weighted by molar-refractivity contribution is 5.82. The van der Waals surface area contributed by atoms with Crippen LogP contribution in [0.15, 0.2) is 30.3 Å². The van der Waals surface area contributed by atoms with Crippen molar-refractivity contribution in [1.82, 2.24) is 4.90 Å². The number of carbonyl (C=O) groups excluding carboxylic acids is 1. The highest BCUT2D eigenvalue weighted by atomic mass is 16.5. The zero-order valence-electron chi connectivity index (χ0n) is 10.2. The van der Waals surface area contributed by atoms with E-state index in [-0.39, 0.29) is 18.2 Å². The molecule has 0 spiro atoms. The van der Waals surface area contributed by atoms with E-state index in [4.69, 9.17) is 9.47 Å². The van der Waals surface area contributed by atoms with Crippen molar-refractivity contribution in [2.75, 3.05) is 13.2 Å². The van der Waals surface area contributed by atoms with Gasteiger partial charge in [-0.1, -0.05) is 30.3 Å². The van der Waals surface area contributed by atoms with Crippen LogP contribution in [0.5, 0.6) is 0 Å². The van der Waals surface area contributed by atoms with E-state index >= 15 is 0 Å². The number of β-lactam (4-membered cyclic amide) rings is 1. The Labute approximate surface area is 106 Å². The Morgan fingerprint density at radius 1 is 1.33 bits per heavy atom. The summed E-state index contributed by atoms with van der Waals surface area (Å²) in [5.41, 5.74) is 1.18. The number of fused-ring (bicyclic) bond motifs is 1. The lowest BCUT2D eigenvalue weighted by Gasteiger charge is -2.31. The zero-order chi connectivity index (χ0) is 12.4. The van der Waals surface area contributed by atoms with E-state index in [1.807, 2.05) is 23.1 Å². The number of hydrogen-bond donors (Lipinski definition) is 0. The Kier molecular flexibility index (Phi) is 3.30. The maximum atomic E-state index is 11.2. The fourth-order valence-electron chi connectivity index (χ4n) is 2.39. The van der Waals surface area contributed by atoms with Gasteiger partial charge in [0.25, 0.3) is 0 Å². The average Bonchev–Trinajstić information content (AvgIpc) is 2.73. The van der Waals surface area contributed by atoms with Gasteiger partial charge in [-0.3, -0.25) is 4.79 Å². The van der Waals surface area contributed by atoms with Crippen LogP contribution in [0.1, 0.15) is 18.4 Å². The molecule has 2 aliphatic rings. The fraction of sp³-hybridized carbons (Fsp3) is 0.500. The molecule has 0 aromatic heterocycles. The summed E-state index contributed by atoms with van der Waals surface area (Å²) >= 11 is 0. The molecule has 3 rings (SSSR count). The van der Waals surface area contributed by atoms with E-state index in [0.717, 1.165) is 13.0 Å². The number of hydrogen-bond acceptors (Lipinski definition) is 3. The number of amides is 1. The van der Waals surface area contributed by atoms with Crippen molar-refractivity contribution in [2.24, 2.45) is 0 Å². The van der Waals surface area contributed by atoms with Crippen molar-refractivity contribution in [1.29, 1.82) is 0 Å². The van der Waals surface area contributed by atoms with E-state index in [9.17, 15) is 4.79 Å². The van der Waals surface area contributed by atoms with Gasteiger partial charge in [0.05, 0.1) is 19.1 Å². The molecule has 4 nitrogen and oxygen atoms in total. The second-order valence-corrected chi connectivity index (χ2v) is 4.79. The molecule has 2 aliphatic heterocycles. The second kappa shape index (κ2) is 5.08. The van der Waals surface area contributed by atoms with Crippen LogP contribution in [-0.4, -0.2) is 36.3 Å². The van der Waals surface area contributed by atoms with Crippen LogP contribution in [0, 0.1) is 0 Å². The van der Waals surface area contributed by atoms with E-state index in [1.165, 1.54) is 5.56 Å². The smallest absolute Gasteiger partial charge is 0.229 e. The topological polar surface area (TPSA) is 38.8 Å². The van der Waals surface area contributed by atoms with Crippen molar-refractivity contribution in [2.45, 2.75) is 31.8 Å². The van der Waals surface area contributed by atoms with E-state index in [1.54, 1.807) is 0 Å². The van der Waals surface area contributed by atoms with Gasteiger partial charge in [0.15, 0.2) is 0 Å². The summed E-state index contributed by atoms with van der Waals surface area (Å²) in [5, 5.41) is 0. The minimum atomic E-state index is 0.0524. The molecule has 4 heteroatoms. The fourth-order valence-corrected chi connectivity index (χ4v) is 2.39. The van der Waals surface area contributed by atoms with Crippen LogP contribution < -0.4 is 0 Å². The normalized spacial score (nSPS) is 26.0. The lowest BCUT2D eigenvalue weighted by atomic mass is 10.2. The van der Waals surface area contributed by atoms with Crippen molar-refractivity contribution in [3.63, 3.8) is 0 Å². The largest absolute Gasteiger partial charge is 0.377 e. The summed E-state index contributed by atoms with van der Waals surface area (Å²) in [6.45, 7) is 2.05. The number of nitrogens with zero attached hydrogens (tertiary/aromatic N) is 1. The summed E-state index contributed by atoms with van der Waals surface area (Å²) in [7, 11) is 0. The highest BCUT2D eigenvalue weighted by Gasteiger charge is 2.44. The van der Waals surface area contributed by atoms with Gasteiger partial charge in [-0.15, -0.1) is 0 Å². The Morgan fingerprint density at radius 2 is 2.17 bits per heavy atom. The summed E-state index contributed by atoms with van der Waals surface area (Å²) in [4.78, 5) is 13.0. The van der Waals surface area contributed by atoms with Crippen LogP contribution in [0.4, 0.5) is 0 Å². The summed E-state index contributed by atoms with van der Waals surface area (Å²) in [6, 6.07) is 10.1. The molecular weight excluding hydrogens is 230 g/mol. The molecule has 1 aromatic rings. The third-order valence-corrected chi connectivity index (χ3v) is 3.46. The zero-order valence-corrected chi connectivity index (χ0v) is 10.2. The summed E-state index contributed by atoms with van der Waals surface area (Å²) in [5.74, 6) is 0.215. The molecule has 0 saturated carbocycles. The van der Waals surface area contributed by atoms with Gasteiger partial charge < -0.3 is 14.4 Å². The molecule has 0 aliphatic carbocycles. The number of carbonyl (C=O) groups is 1. The van der Waals surface area contributed by atoms with Crippen molar-refractivity contribution >= 4 is 5.91 Å². The summed E-state index contributed by atoms with van der Waals surface area (Å²) in [6.07, 6.45) is 1.61. The first kappa shape index (κ1) is 11.7. The van der Waals surface area contributed by atoms with E-state index in [2.05, 4.69) is 12.1 Å². The standard InChI is InChI=1S/C14H17NO3/c16-13-8-14-15(13)9-12(18-14)6-7-17-10-11-4-2-1-3-5-11/h1-5,12,14H,6-10H2/t12-,14+/m0/s1. The summed E-state index contributed by atoms with van der Waals surface area (Å²) < 4.78 is 11.3. The van der Waals surface area contributed by atoms with Crippen LogP contribution in [0.25, 0.3) is 0 Å². The van der Waals surface area contributed by atoms with Crippen molar-refractivity contribution in [3.8, 4) is 0 Å². The van der Waals surface area contributed by atoms with Gasteiger partial charge in [-0.2, -0.15) is 0 Å². The molecule has 2 atom stereocenters. The number of ether oxygens (including phenoxy) is 2. The SMILES string of the molecule is O=C1C[C@H]2O[C@@H](CCOCc3ccccc3)CN12. The molecule has 1 aromatic carbocycles. The Morgan fingerprint density at radius 3 is 2.89 bits per heavy atom. The number of benzene rings is 1. The van der Waals surface area contributed by atoms with Gasteiger partial charge in [0, 0.05) is 13.2 Å². The molecule has 0 bridgehead atoms. The maximum Gasteiger partial charge on any atom is 0.229 e. The predicted molar refractivity (Wildman–Crippen MR) is 65.7 cm³/mol. The Balaban J connectivity index is 1.35. The average molecular weight is 247 g/mol. The second-order valence-electron chi connectivity index (χ2n) is 4.79. The third-order valence-electron chi connectivity index (χ3n) is 3.46. The molecule has 1 amide bonds. The Bertz CT molecular complexity index is 420. The first-order chi connectivity index (χ1) is 8.83. The molecular formula is C14H17NO3. The van der Waals surface area contributed by atoms with Gasteiger partial charge >= 0.3 is 0 Å². The minimum absolute atomic E-state index is 0.0524. The minimum Gasteiger partial charge on any atom is -0.377 e. The van der Waals surface area contributed by atoms with Crippen molar-refractivity contribution < 1.29 is 14.3 Å². The van der Waals surface area contributed by atoms with Crippen LogP contribution in [-0.2, 0) is 20.9 Å². The molecule has 2 heterocycles. The first-order valence-corrected chi connectivity index (χ1v) is 6.39. The molecule has 0 N–H and O–H groups in total. The first-order valence-electron chi connectivity index (χ1n) is 6.39. The van der Waals surface area contributed by atoms with E-state index in [0.29, 0.717) is 19.6 Å². The lowest BCUT2D eigenvalue weighted by Crippen LogP contribution is -2.48. The van der Waals surface area contributed by atoms with Crippen LogP contribution >= 0.6 is 0 Å². The monoisotopic (exact) mass is 247 g/mol. The lowest BCUT2D eigenvalue weighted by molar-refractivity contribution is -0.156. The highest BCUT2D eigenvalue weighted by Crippen LogP contribution is 2.29. The van der Waals surface area contributed by atoms with Gasteiger partial charge in [-0.05, 0) is 12.0 Å². The van der Waals surface area contributed by atoms with Crippen molar-refractivity contribution in [3.05, 3.63) is 35.9 Å². The van der Waals surface area contributed by atoms with Gasteiger partial charge in [-0.25, -0.2) is 0 Å². The quantitative estimate of drug-likeness (QED) is 0.585. The maximum absolute atomic E-state index is 11.2. The molecule has 2 saturated heterocycles. The van der Waals surface area contributed by atoms with Gasteiger partial charge in [0.2, 0.25) is 5.91 Å².